The number of fused-ring (bicyclic) bond motifs is 1. The summed E-state index contributed by atoms with van der Waals surface area (Å²) in [5.74, 6) is -0.158. The van der Waals surface area contributed by atoms with Crippen molar-refractivity contribution in [3.05, 3.63) is 67.3 Å². The topological polar surface area (TPSA) is 122 Å². The Kier molecular flexibility index (Phi) is 4.26. The van der Waals surface area contributed by atoms with Crippen LogP contribution in [0.25, 0.3) is 23.0 Å². The molecule has 1 fully saturated rings. The van der Waals surface area contributed by atoms with Gasteiger partial charge < -0.3 is 10.8 Å². The summed E-state index contributed by atoms with van der Waals surface area (Å²) < 4.78 is 1.70. The number of aromatic hydroxyl groups is 1. The van der Waals surface area contributed by atoms with E-state index in [2.05, 4.69) is 10.1 Å². The molecule has 0 spiro atoms. The highest BCUT2D eigenvalue weighted by Gasteiger charge is 2.20. The van der Waals surface area contributed by atoms with Crippen LogP contribution in [0.5, 0.6) is 5.88 Å². The Balaban J connectivity index is 1.77. The van der Waals surface area contributed by atoms with E-state index in [4.69, 9.17) is 15.7 Å². The van der Waals surface area contributed by atoms with Crippen LogP contribution in [0.1, 0.15) is 23.3 Å². The minimum absolute atomic E-state index is 0.158. The molecule has 8 nitrogen and oxygen atoms in total. The number of aromatic nitrogens is 4. The Morgan fingerprint density at radius 3 is 2.97 bits per heavy atom. The molecule has 4 aromatic rings. The van der Waals surface area contributed by atoms with E-state index >= 15 is 0 Å². The van der Waals surface area contributed by atoms with Crippen LogP contribution >= 0.6 is 11.3 Å². The zero-order valence-corrected chi connectivity index (χ0v) is 16.2. The average molecular weight is 406 g/mol. The minimum atomic E-state index is -0.318. The number of nitrogens with one attached hydrogen (secondary N) is 1. The molecule has 0 aliphatic heterocycles. The molecule has 0 saturated heterocycles. The molecule has 3 aromatic heterocycles. The summed E-state index contributed by atoms with van der Waals surface area (Å²) in [6.07, 6.45) is 5.52. The normalized spacial score (nSPS) is 15.5. The van der Waals surface area contributed by atoms with Crippen LogP contribution in [-0.4, -0.2) is 30.7 Å². The Morgan fingerprint density at radius 2 is 2.24 bits per heavy atom. The number of aromatic amines is 1. The van der Waals surface area contributed by atoms with Gasteiger partial charge >= 0.3 is 4.87 Å². The second-order valence-corrected chi connectivity index (χ2v) is 7.99. The molecule has 9 heteroatoms. The quantitative estimate of drug-likeness (QED) is 0.465. The Bertz CT molecular complexity index is 1400. The largest absolute Gasteiger partial charge is 0.493 e. The van der Waals surface area contributed by atoms with Gasteiger partial charge in [-0.15, -0.1) is 0 Å². The molecule has 0 bridgehead atoms. The van der Waals surface area contributed by atoms with E-state index in [1.54, 1.807) is 16.8 Å². The summed E-state index contributed by atoms with van der Waals surface area (Å²) >= 11 is 0.933. The molecular weight excluding hydrogens is 388 g/mol. The average Bonchev–Trinajstić information content (AvgIpc) is 3.36. The van der Waals surface area contributed by atoms with E-state index in [-0.39, 0.29) is 10.8 Å². The highest BCUT2D eigenvalue weighted by atomic mass is 32.1. The first kappa shape index (κ1) is 17.8. The standard InChI is InChI=1S/C20H18N6O2S/c21-9-11-2-1-3-12(6-11)15-8-17(23-14-4-5-14)26-18(24-15)13(10-22-26)7-16-19(27)25-20(28)29-16/h1-3,6-8,10,14,27H,4-5,9,21H2,(H,25,28)/b13-7+,23-17?. The van der Waals surface area contributed by atoms with Crippen LogP contribution in [0.4, 0.5) is 0 Å². The van der Waals surface area contributed by atoms with E-state index in [1.807, 2.05) is 30.3 Å². The first-order chi connectivity index (χ1) is 14.1. The number of nitrogens with zero attached hydrogens (tertiary/aromatic N) is 4. The second kappa shape index (κ2) is 6.94. The number of rotatable bonds is 4. The number of hydrogen-bond acceptors (Lipinski definition) is 7. The van der Waals surface area contributed by atoms with Gasteiger partial charge in [0.05, 0.1) is 22.8 Å². The van der Waals surface area contributed by atoms with E-state index in [9.17, 15) is 9.90 Å². The van der Waals surface area contributed by atoms with Crippen molar-refractivity contribution in [2.45, 2.75) is 25.4 Å². The van der Waals surface area contributed by atoms with Gasteiger partial charge in [-0.05, 0) is 30.5 Å². The van der Waals surface area contributed by atoms with Gasteiger partial charge in [0.2, 0.25) is 5.88 Å². The SMILES string of the molecule is NCc1cccc(-c2cc(=NC3CC3)n3nc/c(=C\c4sc(=O)[nH]c4O)c3n2)c1. The molecule has 29 heavy (non-hydrogen) atoms. The Hall–Kier alpha value is -3.30. The van der Waals surface area contributed by atoms with Gasteiger partial charge in [0.1, 0.15) is 0 Å². The van der Waals surface area contributed by atoms with E-state index < -0.39 is 0 Å². The molecule has 4 N–H and O–H groups in total. The van der Waals surface area contributed by atoms with Crippen LogP contribution in [0, 0.1) is 0 Å². The van der Waals surface area contributed by atoms with E-state index in [1.165, 1.54) is 0 Å². The molecule has 1 saturated carbocycles. The van der Waals surface area contributed by atoms with Gasteiger partial charge in [0.25, 0.3) is 0 Å². The molecule has 5 rings (SSSR count). The fraction of sp³-hybridized carbons (Fsp3) is 0.200. The van der Waals surface area contributed by atoms with Crippen molar-refractivity contribution in [1.82, 2.24) is 19.6 Å². The zero-order chi connectivity index (χ0) is 20.0. The summed E-state index contributed by atoms with van der Waals surface area (Å²) in [6, 6.07) is 10.2. The van der Waals surface area contributed by atoms with Crippen molar-refractivity contribution in [3.63, 3.8) is 0 Å². The van der Waals surface area contributed by atoms with Crippen LogP contribution in [0.15, 0.2) is 46.3 Å². The molecule has 0 atom stereocenters. The number of nitrogens with two attached hydrogens (primary N) is 1. The van der Waals surface area contributed by atoms with E-state index in [0.29, 0.717) is 28.3 Å². The van der Waals surface area contributed by atoms with Crippen molar-refractivity contribution in [3.8, 4) is 17.1 Å². The minimum Gasteiger partial charge on any atom is -0.493 e. The number of benzene rings is 1. The molecule has 0 radical (unpaired) electrons. The lowest BCUT2D eigenvalue weighted by molar-refractivity contribution is 0.455. The summed E-state index contributed by atoms with van der Waals surface area (Å²) in [5, 5.41) is 15.1. The highest BCUT2D eigenvalue weighted by Crippen LogP contribution is 2.23. The van der Waals surface area contributed by atoms with Crippen LogP contribution in [0.2, 0.25) is 0 Å². The summed E-state index contributed by atoms with van der Waals surface area (Å²) in [4.78, 5) is 23.6. The van der Waals surface area contributed by atoms with Gasteiger partial charge in [-0.3, -0.25) is 14.8 Å². The molecule has 146 valence electrons. The van der Waals surface area contributed by atoms with Crippen molar-refractivity contribution < 1.29 is 5.11 Å². The van der Waals surface area contributed by atoms with Gasteiger partial charge in [0, 0.05) is 23.4 Å². The number of hydrogen-bond donors (Lipinski definition) is 3. The van der Waals surface area contributed by atoms with Gasteiger partial charge in [0.15, 0.2) is 11.1 Å². The van der Waals surface area contributed by atoms with E-state index in [0.717, 1.165) is 46.5 Å². The van der Waals surface area contributed by atoms with Crippen molar-refractivity contribution in [1.29, 1.82) is 0 Å². The highest BCUT2D eigenvalue weighted by molar-refractivity contribution is 7.10. The van der Waals surface area contributed by atoms with Crippen LogP contribution < -0.4 is 21.3 Å². The lowest BCUT2D eigenvalue weighted by atomic mass is 10.1. The van der Waals surface area contributed by atoms with Gasteiger partial charge in [-0.25, -0.2) is 4.98 Å². The summed E-state index contributed by atoms with van der Waals surface area (Å²) in [6.45, 7) is 0.451. The smallest absolute Gasteiger partial charge is 0.307 e. The molecule has 1 aliphatic carbocycles. The fourth-order valence-corrected chi connectivity index (χ4v) is 3.81. The van der Waals surface area contributed by atoms with Crippen molar-refractivity contribution in [2.24, 2.45) is 10.7 Å². The monoisotopic (exact) mass is 406 g/mol. The van der Waals surface area contributed by atoms with Crippen molar-refractivity contribution >= 4 is 23.1 Å². The zero-order valence-electron chi connectivity index (χ0n) is 15.4. The molecule has 1 aromatic carbocycles. The number of thiazole rings is 1. The number of H-pyrrole nitrogens is 1. The fourth-order valence-electron chi connectivity index (χ4n) is 3.13. The first-order valence-electron chi connectivity index (χ1n) is 9.26. The Labute approximate surface area is 168 Å². The maximum absolute atomic E-state index is 11.5. The third kappa shape index (κ3) is 3.45. The molecule has 3 heterocycles. The molecule has 0 amide bonds. The molecule has 0 unspecified atom stereocenters. The second-order valence-electron chi connectivity index (χ2n) is 6.97. The third-order valence-electron chi connectivity index (χ3n) is 4.74. The van der Waals surface area contributed by atoms with Crippen molar-refractivity contribution in [2.75, 3.05) is 0 Å². The molecular formula is C20H18N6O2S. The maximum atomic E-state index is 11.5. The van der Waals surface area contributed by atoms with Crippen LogP contribution in [-0.2, 0) is 6.54 Å². The summed E-state index contributed by atoms with van der Waals surface area (Å²) in [7, 11) is 0. The first-order valence-corrected chi connectivity index (χ1v) is 10.1. The lowest BCUT2D eigenvalue weighted by Crippen LogP contribution is -2.19. The maximum Gasteiger partial charge on any atom is 0.307 e. The Morgan fingerprint density at radius 1 is 1.38 bits per heavy atom. The van der Waals surface area contributed by atoms with Gasteiger partial charge in [-0.2, -0.15) is 9.61 Å². The van der Waals surface area contributed by atoms with Gasteiger partial charge in [-0.1, -0.05) is 29.5 Å². The molecule has 1 aliphatic rings. The predicted octanol–water partition coefficient (Wildman–Crippen LogP) is 0.921. The summed E-state index contributed by atoms with van der Waals surface area (Å²) in [5.41, 5.74) is 9.88. The third-order valence-corrected chi connectivity index (χ3v) is 5.56. The van der Waals surface area contributed by atoms with Crippen LogP contribution in [0.3, 0.4) is 0 Å². The predicted molar refractivity (Wildman–Crippen MR) is 110 cm³/mol. The lowest BCUT2D eigenvalue weighted by Gasteiger charge is -2.05.